The second-order valence-electron chi connectivity index (χ2n) is 4.08. The number of hydrogen-bond donors (Lipinski definition) is 1. The zero-order valence-corrected chi connectivity index (χ0v) is 13.3. The summed E-state index contributed by atoms with van der Waals surface area (Å²) in [5.41, 5.74) is 6.51. The largest absolute Gasteiger partial charge is 0.380 e. The normalized spacial score (nSPS) is 13.2. The molecule has 2 rings (SSSR count). The smallest absolute Gasteiger partial charge is 0.359 e. The maximum Gasteiger partial charge on any atom is 0.359 e. The first-order chi connectivity index (χ1) is 9.49. The Morgan fingerprint density at radius 1 is 1.65 bits per heavy atom. The van der Waals surface area contributed by atoms with Crippen molar-refractivity contribution >= 4 is 39.1 Å². The third-order valence-electron chi connectivity index (χ3n) is 2.60. The van der Waals surface area contributed by atoms with Crippen LogP contribution in [0, 0.1) is 6.92 Å². The summed E-state index contributed by atoms with van der Waals surface area (Å²) in [5.74, 6) is -0.349. The van der Waals surface area contributed by atoms with Crippen molar-refractivity contribution in [1.29, 1.82) is 0 Å². The highest BCUT2D eigenvalue weighted by Gasteiger charge is 2.19. The Hall–Kier alpha value is -1.67. The number of oxime groups is 1. The van der Waals surface area contributed by atoms with Crippen LogP contribution < -0.4 is 5.73 Å². The zero-order chi connectivity index (χ0) is 14.7. The first-order valence-corrected chi connectivity index (χ1v) is 7.45. The summed E-state index contributed by atoms with van der Waals surface area (Å²) in [4.78, 5) is 17.5. The van der Waals surface area contributed by atoms with Gasteiger partial charge < -0.3 is 10.6 Å². The van der Waals surface area contributed by atoms with E-state index in [1.54, 1.807) is 19.2 Å². The minimum absolute atomic E-state index is 0.179. The molecule has 0 aromatic carbocycles. The van der Waals surface area contributed by atoms with E-state index >= 15 is 0 Å². The monoisotopic (exact) mass is 356 g/mol. The Kier molecular flexibility index (Phi) is 4.56. The van der Waals surface area contributed by atoms with E-state index in [4.69, 9.17) is 10.6 Å². The fourth-order valence-electron chi connectivity index (χ4n) is 1.41. The predicted octanol–water partition coefficient (Wildman–Crippen LogP) is 2.44. The molecule has 0 aliphatic rings. The molecular weight excluding hydrogens is 344 g/mol. The first-order valence-electron chi connectivity index (χ1n) is 5.78. The number of nitrogens with zero attached hydrogens (tertiary/aromatic N) is 3. The van der Waals surface area contributed by atoms with Crippen molar-refractivity contribution in [3.05, 3.63) is 38.8 Å². The molecule has 0 amide bonds. The molecule has 2 aromatic heterocycles. The predicted molar refractivity (Wildman–Crippen MR) is 80.5 cm³/mol. The van der Waals surface area contributed by atoms with Crippen LogP contribution in [0.2, 0.25) is 0 Å². The highest BCUT2D eigenvalue weighted by Crippen LogP contribution is 2.17. The Morgan fingerprint density at radius 2 is 2.40 bits per heavy atom. The summed E-state index contributed by atoms with van der Waals surface area (Å²) in [7, 11) is 0. The van der Waals surface area contributed by atoms with Crippen LogP contribution in [0.5, 0.6) is 0 Å². The van der Waals surface area contributed by atoms with E-state index in [1.807, 2.05) is 18.4 Å². The maximum atomic E-state index is 11.9. The van der Waals surface area contributed by atoms with Crippen LogP contribution in [0.1, 0.15) is 23.5 Å². The van der Waals surface area contributed by atoms with Crippen molar-refractivity contribution in [2.24, 2.45) is 10.9 Å². The lowest BCUT2D eigenvalue weighted by Crippen LogP contribution is -2.20. The number of thiophene rings is 1. The van der Waals surface area contributed by atoms with Crippen molar-refractivity contribution < 1.29 is 9.63 Å². The van der Waals surface area contributed by atoms with Crippen LogP contribution >= 0.6 is 27.3 Å². The molecule has 0 aliphatic heterocycles. The van der Waals surface area contributed by atoms with Gasteiger partial charge in [-0.25, -0.2) is 4.79 Å². The van der Waals surface area contributed by atoms with Gasteiger partial charge in [-0.2, -0.15) is 5.10 Å². The number of carbonyl (C=O) groups is 1. The van der Waals surface area contributed by atoms with Crippen molar-refractivity contribution in [3.63, 3.8) is 0 Å². The number of carbonyl (C=O) groups excluding carboxylic acids is 1. The Labute approximate surface area is 128 Å². The molecule has 8 heteroatoms. The average Bonchev–Trinajstić information content (AvgIpc) is 3.06. The molecule has 0 radical (unpaired) electrons. The lowest BCUT2D eigenvalue weighted by Gasteiger charge is -2.08. The van der Waals surface area contributed by atoms with Crippen molar-refractivity contribution in [3.8, 4) is 0 Å². The highest BCUT2D eigenvalue weighted by molar-refractivity contribution is 9.10. The number of rotatable bonds is 4. The maximum absolute atomic E-state index is 11.9. The van der Waals surface area contributed by atoms with E-state index < -0.39 is 12.0 Å². The molecule has 0 saturated heterocycles. The number of amidine groups is 1. The first kappa shape index (κ1) is 14.7. The molecule has 1 unspecified atom stereocenters. The van der Waals surface area contributed by atoms with Gasteiger partial charge in [-0.1, -0.05) is 11.2 Å². The second-order valence-corrected chi connectivity index (χ2v) is 5.88. The average molecular weight is 357 g/mol. The Bertz CT molecular complexity index is 616. The van der Waals surface area contributed by atoms with E-state index in [0.29, 0.717) is 0 Å². The standard InChI is InChI=1S/C12H13BrN4O2S/c1-7-9(13)6-17(15-7)8(2)12(18)19-16-11(14)10-4-3-5-20-10/h3-6,8H,1-2H3,(H2,14,16). The van der Waals surface area contributed by atoms with Gasteiger partial charge in [0.05, 0.1) is 15.0 Å². The number of aromatic nitrogens is 2. The summed E-state index contributed by atoms with van der Waals surface area (Å²) in [6, 6.07) is 3.06. The number of halogens is 1. The second kappa shape index (κ2) is 6.19. The number of hydrogen-bond acceptors (Lipinski definition) is 5. The van der Waals surface area contributed by atoms with Crippen LogP contribution in [0.15, 0.2) is 33.3 Å². The summed E-state index contributed by atoms with van der Waals surface area (Å²) in [5, 5.41) is 9.71. The molecule has 0 aliphatic carbocycles. The highest BCUT2D eigenvalue weighted by atomic mass is 79.9. The van der Waals surface area contributed by atoms with Crippen LogP contribution in [0.3, 0.4) is 0 Å². The van der Waals surface area contributed by atoms with Gasteiger partial charge in [-0.15, -0.1) is 11.3 Å². The van der Waals surface area contributed by atoms with Crippen LogP contribution in [-0.4, -0.2) is 21.6 Å². The molecule has 20 heavy (non-hydrogen) atoms. The molecule has 0 bridgehead atoms. The molecule has 0 fully saturated rings. The van der Waals surface area contributed by atoms with Gasteiger partial charge in [-0.3, -0.25) is 4.68 Å². The third kappa shape index (κ3) is 3.26. The van der Waals surface area contributed by atoms with E-state index in [-0.39, 0.29) is 5.84 Å². The van der Waals surface area contributed by atoms with Gasteiger partial charge in [0.1, 0.15) is 6.04 Å². The van der Waals surface area contributed by atoms with Crippen molar-refractivity contribution in [2.75, 3.05) is 0 Å². The molecule has 2 heterocycles. The van der Waals surface area contributed by atoms with E-state index in [9.17, 15) is 4.79 Å². The quantitative estimate of drug-likeness (QED) is 0.394. The molecule has 0 saturated carbocycles. The van der Waals surface area contributed by atoms with Crippen LogP contribution in [0.4, 0.5) is 0 Å². The molecule has 1 atom stereocenters. The zero-order valence-electron chi connectivity index (χ0n) is 10.9. The number of nitrogens with two attached hydrogens (primary N) is 1. The Balaban J connectivity index is 2.03. The molecular formula is C12H13BrN4O2S. The minimum atomic E-state index is -0.583. The van der Waals surface area contributed by atoms with Crippen molar-refractivity contribution in [1.82, 2.24) is 9.78 Å². The van der Waals surface area contributed by atoms with Crippen molar-refractivity contribution in [2.45, 2.75) is 19.9 Å². The lowest BCUT2D eigenvalue weighted by molar-refractivity contribution is -0.147. The Morgan fingerprint density at radius 3 is 2.95 bits per heavy atom. The molecule has 2 N–H and O–H groups in total. The van der Waals surface area contributed by atoms with E-state index in [0.717, 1.165) is 15.0 Å². The van der Waals surface area contributed by atoms with E-state index in [2.05, 4.69) is 26.2 Å². The minimum Gasteiger partial charge on any atom is -0.380 e. The van der Waals surface area contributed by atoms with Gasteiger partial charge in [0.2, 0.25) is 0 Å². The fraction of sp³-hybridized carbons (Fsp3) is 0.250. The van der Waals surface area contributed by atoms with Crippen LogP contribution in [0.25, 0.3) is 0 Å². The summed E-state index contributed by atoms with van der Waals surface area (Å²) < 4.78 is 2.34. The molecule has 6 nitrogen and oxygen atoms in total. The van der Waals surface area contributed by atoms with Gasteiger partial charge in [0.25, 0.3) is 0 Å². The summed E-state index contributed by atoms with van der Waals surface area (Å²) >= 11 is 4.76. The third-order valence-corrected chi connectivity index (χ3v) is 4.27. The van der Waals surface area contributed by atoms with Crippen LogP contribution in [-0.2, 0) is 9.63 Å². The van der Waals surface area contributed by atoms with Gasteiger partial charge >= 0.3 is 5.97 Å². The molecule has 2 aromatic rings. The SMILES string of the molecule is Cc1nn(C(C)C(=O)O/N=C(\N)c2cccs2)cc1Br. The molecule has 106 valence electrons. The van der Waals surface area contributed by atoms with Gasteiger partial charge in [-0.05, 0) is 41.2 Å². The van der Waals surface area contributed by atoms with Gasteiger partial charge in [0.15, 0.2) is 5.84 Å². The topological polar surface area (TPSA) is 82.5 Å². The van der Waals surface area contributed by atoms with E-state index in [1.165, 1.54) is 16.0 Å². The van der Waals surface area contributed by atoms with Gasteiger partial charge in [0, 0.05) is 6.20 Å². The summed E-state index contributed by atoms with van der Waals surface area (Å²) in [6.45, 7) is 3.52. The number of aryl methyl sites for hydroxylation is 1. The fourth-order valence-corrected chi connectivity index (χ4v) is 2.31. The summed E-state index contributed by atoms with van der Waals surface area (Å²) in [6.07, 6.45) is 1.72. The molecule has 0 spiro atoms. The lowest BCUT2D eigenvalue weighted by atomic mass is 10.3.